The normalized spacial score (nSPS) is 11.8. The van der Waals surface area contributed by atoms with Gasteiger partial charge in [0.1, 0.15) is 0 Å². The molecule has 0 saturated carbocycles. The molecule has 190 valence electrons. The van der Waals surface area contributed by atoms with Crippen LogP contribution in [0.5, 0.6) is 0 Å². The Morgan fingerprint density at radius 1 is 0.375 bits per heavy atom. The molecule has 0 bridgehead atoms. The SMILES string of the molecule is Brc1cc(-c2cc(Br)cc3c2c2ccccc2n3-c2ccccc2)c2c3ccccc3n(-c3ccccc3)c2c1. The van der Waals surface area contributed by atoms with Crippen molar-refractivity contribution in [3.05, 3.63) is 142 Å². The van der Waals surface area contributed by atoms with Gasteiger partial charge < -0.3 is 9.13 Å². The summed E-state index contributed by atoms with van der Waals surface area (Å²) in [6, 6.07) is 47.8. The summed E-state index contributed by atoms with van der Waals surface area (Å²) in [4.78, 5) is 0. The lowest BCUT2D eigenvalue weighted by molar-refractivity contribution is 1.18. The first-order valence-corrected chi connectivity index (χ1v) is 14.8. The number of halogens is 2. The molecule has 0 N–H and O–H groups in total. The molecule has 0 radical (unpaired) electrons. The van der Waals surface area contributed by atoms with Crippen LogP contribution in [0.1, 0.15) is 0 Å². The van der Waals surface area contributed by atoms with Crippen LogP contribution in [0.15, 0.2) is 142 Å². The Kier molecular flexibility index (Phi) is 5.48. The maximum atomic E-state index is 3.89. The molecule has 2 heterocycles. The molecule has 0 saturated heterocycles. The van der Waals surface area contributed by atoms with E-state index in [0.29, 0.717) is 0 Å². The van der Waals surface area contributed by atoms with Gasteiger partial charge in [0, 0.05) is 41.9 Å². The molecule has 4 heteroatoms. The zero-order valence-corrected chi connectivity index (χ0v) is 24.5. The van der Waals surface area contributed by atoms with Gasteiger partial charge in [-0.2, -0.15) is 0 Å². The van der Waals surface area contributed by atoms with E-state index >= 15 is 0 Å². The van der Waals surface area contributed by atoms with E-state index in [4.69, 9.17) is 0 Å². The molecule has 6 aromatic carbocycles. The molecule has 8 aromatic rings. The van der Waals surface area contributed by atoms with Crippen LogP contribution in [0.4, 0.5) is 0 Å². The van der Waals surface area contributed by atoms with E-state index < -0.39 is 0 Å². The predicted molar refractivity (Wildman–Crippen MR) is 176 cm³/mol. The monoisotopic (exact) mass is 640 g/mol. The molecule has 2 aromatic heterocycles. The lowest BCUT2D eigenvalue weighted by Crippen LogP contribution is -1.94. The van der Waals surface area contributed by atoms with Crippen LogP contribution < -0.4 is 0 Å². The summed E-state index contributed by atoms with van der Waals surface area (Å²) in [5.41, 5.74) is 9.46. The van der Waals surface area contributed by atoms with Gasteiger partial charge in [-0.05, 0) is 71.8 Å². The molecule has 0 fully saturated rings. The van der Waals surface area contributed by atoms with Crippen LogP contribution in [-0.2, 0) is 0 Å². The van der Waals surface area contributed by atoms with Crippen LogP contribution in [0.2, 0.25) is 0 Å². The highest BCUT2D eigenvalue weighted by Crippen LogP contribution is 2.46. The van der Waals surface area contributed by atoms with Gasteiger partial charge in [0.15, 0.2) is 0 Å². The fraction of sp³-hybridized carbons (Fsp3) is 0. The third-order valence-corrected chi connectivity index (χ3v) is 8.71. The number of hydrogen-bond donors (Lipinski definition) is 0. The van der Waals surface area contributed by atoms with E-state index in [-0.39, 0.29) is 0 Å². The maximum Gasteiger partial charge on any atom is 0.0558 e. The lowest BCUT2D eigenvalue weighted by Gasteiger charge is -2.12. The van der Waals surface area contributed by atoms with Gasteiger partial charge in [-0.3, -0.25) is 0 Å². The molecule has 8 rings (SSSR count). The largest absolute Gasteiger partial charge is 0.309 e. The molecule has 0 unspecified atom stereocenters. The Hall–Kier alpha value is -4.12. The van der Waals surface area contributed by atoms with Crippen molar-refractivity contribution in [2.75, 3.05) is 0 Å². The Morgan fingerprint density at radius 2 is 0.750 bits per heavy atom. The van der Waals surface area contributed by atoms with Crippen molar-refractivity contribution in [3.8, 4) is 22.5 Å². The third kappa shape index (κ3) is 3.53. The van der Waals surface area contributed by atoms with Crippen LogP contribution in [0, 0.1) is 0 Å². The second-order valence-corrected chi connectivity index (χ2v) is 11.9. The zero-order chi connectivity index (χ0) is 26.8. The first-order chi connectivity index (χ1) is 19.7. The first-order valence-electron chi connectivity index (χ1n) is 13.3. The number of rotatable bonds is 3. The molecular formula is C36H22Br2N2. The van der Waals surface area contributed by atoms with Gasteiger partial charge in [0.25, 0.3) is 0 Å². The van der Waals surface area contributed by atoms with Crippen LogP contribution >= 0.6 is 31.9 Å². The highest BCUT2D eigenvalue weighted by atomic mass is 79.9. The third-order valence-electron chi connectivity index (χ3n) is 7.79. The van der Waals surface area contributed by atoms with E-state index in [1.165, 1.54) is 54.7 Å². The van der Waals surface area contributed by atoms with Crippen LogP contribution in [-0.4, -0.2) is 9.13 Å². The van der Waals surface area contributed by atoms with Crippen molar-refractivity contribution >= 4 is 75.5 Å². The van der Waals surface area contributed by atoms with Crippen molar-refractivity contribution in [1.82, 2.24) is 9.13 Å². The van der Waals surface area contributed by atoms with E-state index in [2.05, 4.69) is 174 Å². The zero-order valence-electron chi connectivity index (χ0n) is 21.4. The van der Waals surface area contributed by atoms with E-state index in [9.17, 15) is 0 Å². The maximum absolute atomic E-state index is 3.89. The molecule has 0 aliphatic rings. The summed E-state index contributed by atoms with van der Waals surface area (Å²) in [5.74, 6) is 0. The van der Waals surface area contributed by atoms with Gasteiger partial charge in [0.2, 0.25) is 0 Å². The Bertz CT molecular complexity index is 2060. The number of hydrogen-bond acceptors (Lipinski definition) is 0. The average Bonchev–Trinajstić information content (AvgIpc) is 3.49. The lowest BCUT2D eigenvalue weighted by atomic mass is 9.95. The van der Waals surface area contributed by atoms with Crippen LogP contribution in [0.3, 0.4) is 0 Å². The Labute approximate surface area is 248 Å². The standard InChI is InChI=1S/C36H22Br2N2/c37-23-19-29(35-27-15-7-9-17-31(27)39(33(35)21-23)25-11-3-1-4-12-25)30-20-24(38)22-34-36(30)28-16-8-10-18-32(28)40(34)26-13-5-2-6-14-26/h1-22H. The van der Waals surface area contributed by atoms with E-state index in [1.807, 2.05) is 0 Å². The quantitative estimate of drug-likeness (QED) is 0.182. The molecule has 2 nitrogen and oxygen atoms in total. The second-order valence-electron chi connectivity index (χ2n) is 10.1. The van der Waals surface area contributed by atoms with Gasteiger partial charge in [-0.15, -0.1) is 0 Å². The highest BCUT2D eigenvalue weighted by molar-refractivity contribution is 9.10. The summed E-state index contributed by atoms with van der Waals surface area (Å²) in [6.45, 7) is 0. The molecule has 40 heavy (non-hydrogen) atoms. The number of para-hydroxylation sites is 4. The summed E-state index contributed by atoms with van der Waals surface area (Å²) >= 11 is 7.78. The molecule has 0 atom stereocenters. The van der Waals surface area contributed by atoms with E-state index in [1.54, 1.807) is 0 Å². The van der Waals surface area contributed by atoms with Crippen LogP contribution in [0.25, 0.3) is 66.1 Å². The highest BCUT2D eigenvalue weighted by Gasteiger charge is 2.22. The van der Waals surface area contributed by atoms with Gasteiger partial charge in [-0.1, -0.05) is 105 Å². The summed E-state index contributed by atoms with van der Waals surface area (Å²) in [6.07, 6.45) is 0. The summed E-state index contributed by atoms with van der Waals surface area (Å²) < 4.78 is 6.85. The Morgan fingerprint density at radius 3 is 1.18 bits per heavy atom. The topological polar surface area (TPSA) is 9.86 Å². The van der Waals surface area contributed by atoms with Crippen molar-refractivity contribution < 1.29 is 0 Å². The Balaban J connectivity index is 1.57. The molecule has 0 aliphatic heterocycles. The fourth-order valence-corrected chi connectivity index (χ4v) is 7.15. The number of benzene rings is 6. The second kappa shape index (κ2) is 9.22. The number of nitrogens with zero attached hydrogens (tertiary/aromatic N) is 2. The predicted octanol–water partition coefficient (Wildman–Crippen LogP) is 11.1. The fourth-order valence-electron chi connectivity index (χ4n) is 6.26. The minimum atomic E-state index is 1.05. The average molecular weight is 642 g/mol. The summed E-state index contributed by atoms with van der Waals surface area (Å²) in [5, 5.41) is 4.98. The van der Waals surface area contributed by atoms with Crippen molar-refractivity contribution in [1.29, 1.82) is 0 Å². The minimum absolute atomic E-state index is 1.05. The molecule has 0 spiro atoms. The minimum Gasteiger partial charge on any atom is -0.309 e. The van der Waals surface area contributed by atoms with E-state index in [0.717, 1.165) is 20.3 Å². The van der Waals surface area contributed by atoms with Gasteiger partial charge in [0.05, 0.1) is 22.1 Å². The molecule has 0 aliphatic carbocycles. The van der Waals surface area contributed by atoms with Gasteiger partial charge in [-0.25, -0.2) is 0 Å². The molecule has 0 amide bonds. The smallest absolute Gasteiger partial charge is 0.0558 e. The van der Waals surface area contributed by atoms with Crippen molar-refractivity contribution in [2.45, 2.75) is 0 Å². The first kappa shape index (κ1) is 23.7. The van der Waals surface area contributed by atoms with Gasteiger partial charge >= 0.3 is 0 Å². The summed E-state index contributed by atoms with van der Waals surface area (Å²) in [7, 11) is 0. The number of fused-ring (bicyclic) bond motifs is 6. The van der Waals surface area contributed by atoms with Crippen molar-refractivity contribution in [2.24, 2.45) is 0 Å². The number of aromatic nitrogens is 2. The van der Waals surface area contributed by atoms with Crippen molar-refractivity contribution in [3.63, 3.8) is 0 Å². The molecular weight excluding hydrogens is 620 g/mol.